The second-order valence-electron chi connectivity index (χ2n) is 7.94. The lowest BCUT2D eigenvalue weighted by atomic mass is 10.1. The minimum atomic E-state index is 0.332. The van der Waals surface area contributed by atoms with Crippen molar-refractivity contribution in [2.75, 3.05) is 18.4 Å². The van der Waals surface area contributed by atoms with Gasteiger partial charge in [0.2, 0.25) is 0 Å². The summed E-state index contributed by atoms with van der Waals surface area (Å²) in [5.74, 6) is 0.803. The van der Waals surface area contributed by atoms with Crippen molar-refractivity contribution in [1.82, 2.24) is 29.3 Å². The van der Waals surface area contributed by atoms with E-state index in [1.807, 2.05) is 46.8 Å². The summed E-state index contributed by atoms with van der Waals surface area (Å²) in [5.41, 5.74) is 11.3. The number of rotatable bonds is 5. The fourth-order valence-corrected chi connectivity index (χ4v) is 4.05. The molecule has 0 bridgehead atoms. The molecule has 5 rings (SSSR count). The number of aromatic nitrogens is 5. The molecule has 0 atom stereocenters. The van der Waals surface area contributed by atoms with Gasteiger partial charge in [-0.2, -0.15) is 10.2 Å². The van der Waals surface area contributed by atoms with Gasteiger partial charge in [-0.05, 0) is 55.8 Å². The average Bonchev–Trinajstić information content (AvgIpc) is 3.37. The Kier molecular flexibility index (Phi) is 4.94. The average molecular weight is 403 g/mol. The molecule has 4 aromatic rings. The van der Waals surface area contributed by atoms with E-state index >= 15 is 0 Å². The third-order valence-electron chi connectivity index (χ3n) is 5.70. The molecule has 0 saturated carbocycles. The van der Waals surface area contributed by atoms with Crippen LogP contribution in [0.15, 0.2) is 55.1 Å². The van der Waals surface area contributed by atoms with Gasteiger partial charge in [-0.15, -0.1) is 0 Å². The minimum absolute atomic E-state index is 0.332. The van der Waals surface area contributed by atoms with E-state index in [9.17, 15) is 0 Å². The van der Waals surface area contributed by atoms with Crippen molar-refractivity contribution in [2.45, 2.75) is 25.4 Å². The van der Waals surface area contributed by atoms with E-state index < -0.39 is 0 Å². The van der Waals surface area contributed by atoms with Gasteiger partial charge in [0.1, 0.15) is 11.8 Å². The smallest absolute Gasteiger partial charge is 0.158 e. The van der Waals surface area contributed by atoms with Crippen molar-refractivity contribution in [3.8, 4) is 11.3 Å². The van der Waals surface area contributed by atoms with Crippen LogP contribution in [0.25, 0.3) is 16.8 Å². The third-order valence-corrected chi connectivity index (χ3v) is 5.70. The summed E-state index contributed by atoms with van der Waals surface area (Å²) in [5, 5.41) is 12.4. The highest BCUT2D eigenvalue weighted by Crippen LogP contribution is 2.27. The lowest BCUT2D eigenvalue weighted by Gasteiger charge is -2.29. The number of hydrogen-bond acceptors (Lipinski definition) is 6. The Hall–Kier alpha value is -3.23. The molecule has 154 valence electrons. The van der Waals surface area contributed by atoms with Crippen LogP contribution in [0.2, 0.25) is 0 Å². The van der Waals surface area contributed by atoms with Gasteiger partial charge < -0.3 is 11.1 Å². The van der Waals surface area contributed by atoms with Crippen LogP contribution in [-0.4, -0.2) is 48.4 Å². The van der Waals surface area contributed by atoms with Crippen LogP contribution >= 0.6 is 0 Å². The van der Waals surface area contributed by atoms with Crippen LogP contribution in [-0.2, 0) is 13.6 Å². The summed E-state index contributed by atoms with van der Waals surface area (Å²) >= 11 is 0. The molecule has 0 unspecified atom stereocenters. The zero-order valence-corrected chi connectivity index (χ0v) is 17.1. The van der Waals surface area contributed by atoms with Gasteiger partial charge in [0.25, 0.3) is 0 Å². The topological polar surface area (TPSA) is 89.3 Å². The second-order valence-corrected chi connectivity index (χ2v) is 7.94. The maximum atomic E-state index is 6.06. The zero-order valence-electron chi connectivity index (χ0n) is 17.1. The molecule has 8 nitrogen and oxygen atoms in total. The van der Waals surface area contributed by atoms with Gasteiger partial charge in [-0.3, -0.25) is 9.58 Å². The minimum Gasteiger partial charge on any atom is -0.338 e. The van der Waals surface area contributed by atoms with Crippen molar-refractivity contribution in [3.63, 3.8) is 0 Å². The van der Waals surface area contributed by atoms with Crippen LogP contribution in [0.5, 0.6) is 0 Å². The van der Waals surface area contributed by atoms with Crippen molar-refractivity contribution in [1.29, 1.82) is 0 Å². The number of aryl methyl sites for hydroxylation is 1. The zero-order chi connectivity index (χ0) is 20.5. The highest BCUT2D eigenvalue weighted by Gasteiger charge is 2.19. The van der Waals surface area contributed by atoms with Crippen LogP contribution in [0.1, 0.15) is 18.4 Å². The molecule has 1 aliphatic rings. The number of hydrogen-bond donors (Lipinski definition) is 2. The Bertz CT molecular complexity index is 1150. The van der Waals surface area contributed by atoms with Gasteiger partial charge >= 0.3 is 0 Å². The molecular formula is C22H26N8. The van der Waals surface area contributed by atoms with Crippen LogP contribution in [0.4, 0.5) is 11.5 Å². The highest BCUT2D eigenvalue weighted by molar-refractivity contribution is 5.78. The fourth-order valence-electron chi connectivity index (χ4n) is 4.05. The Balaban J connectivity index is 1.43. The number of benzene rings is 1. The molecule has 1 aromatic carbocycles. The van der Waals surface area contributed by atoms with Crippen LogP contribution in [0.3, 0.4) is 0 Å². The number of likely N-dealkylation sites (tertiary alicyclic amines) is 1. The van der Waals surface area contributed by atoms with Gasteiger partial charge in [0.15, 0.2) is 5.82 Å². The number of anilines is 2. The molecule has 3 N–H and O–H groups in total. The van der Waals surface area contributed by atoms with E-state index in [0.717, 1.165) is 60.8 Å². The maximum absolute atomic E-state index is 6.06. The van der Waals surface area contributed by atoms with E-state index in [-0.39, 0.29) is 0 Å². The second kappa shape index (κ2) is 7.89. The van der Waals surface area contributed by atoms with Crippen molar-refractivity contribution in [2.24, 2.45) is 12.8 Å². The summed E-state index contributed by atoms with van der Waals surface area (Å²) in [4.78, 5) is 7.00. The van der Waals surface area contributed by atoms with E-state index in [0.29, 0.717) is 6.04 Å². The molecule has 4 heterocycles. The summed E-state index contributed by atoms with van der Waals surface area (Å²) in [6, 6.07) is 12.7. The molecule has 8 heteroatoms. The molecule has 1 aliphatic heterocycles. The highest BCUT2D eigenvalue weighted by atomic mass is 15.3. The number of fused-ring (bicyclic) bond motifs is 1. The van der Waals surface area contributed by atoms with Gasteiger partial charge in [-0.25, -0.2) is 9.50 Å². The number of nitrogens with zero attached hydrogens (tertiary/aromatic N) is 6. The summed E-state index contributed by atoms with van der Waals surface area (Å²) in [6.07, 6.45) is 7.63. The van der Waals surface area contributed by atoms with E-state index in [1.165, 1.54) is 5.56 Å². The van der Waals surface area contributed by atoms with Crippen LogP contribution in [0, 0.1) is 0 Å². The van der Waals surface area contributed by atoms with Gasteiger partial charge in [0.05, 0.1) is 5.69 Å². The third kappa shape index (κ3) is 3.79. The standard InChI is InChI=1S/C22H26N8/c1-28-9-8-20(27-28)16-3-2-4-19(13-16)26-22-21-17(5-12-30(21)25-15-24-22)14-29-10-6-18(23)7-11-29/h2-5,8-9,12-13,15,18H,6-7,10-11,14,23H2,1H3,(H,24,25,26). The van der Waals surface area contributed by atoms with Crippen LogP contribution < -0.4 is 11.1 Å². The monoisotopic (exact) mass is 402 g/mol. The molecule has 0 spiro atoms. The first kappa shape index (κ1) is 18.8. The Morgan fingerprint density at radius 3 is 2.80 bits per heavy atom. The lowest BCUT2D eigenvalue weighted by molar-refractivity contribution is 0.206. The maximum Gasteiger partial charge on any atom is 0.158 e. The fraction of sp³-hybridized carbons (Fsp3) is 0.318. The quantitative estimate of drug-likeness (QED) is 0.534. The molecule has 1 saturated heterocycles. The predicted molar refractivity (Wildman–Crippen MR) is 117 cm³/mol. The predicted octanol–water partition coefficient (Wildman–Crippen LogP) is 2.80. The van der Waals surface area contributed by atoms with E-state index in [2.05, 4.69) is 43.6 Å². The summed E-state index contributed by atoms with van der Waals surface area (Å²) in [6.45, 7) is 2.93. The molecule has 3 aromatic heterocycles. The summed E-state index contributed by atoms with van der Waals surface area (Å²) < 4.78 is 3.70. The first-order valence-electron chi connectivity index (χ1n) is 10.3. The first-order valence-corrected chi connectivity index (χ1v) is 10.3. The Morgan fingerprint density at radius 1 is 1.13 bits per heavy atom. The number of piperidine rings is 1. The van der Waals surface area contributed by atoms with E-state index in [1.54, 1.807) is 6.33 Å². The normalized spacial score (nSPS) is 15.7. The molecule has 1 fully saturated rings. The van der Waals surface area contributed by atoms with Crippen molar-refractivity contribution < 1.29 is 0 Å². The Morgan fingerprint density at radius 2 is 2.00 bits per heavy atom. The first-order chi connectivity index (χ1) is 14.7. The Labute approximate surface area is 175 Å². The molecule has 0 amide bonds. The largest absolute Gasteiger partial charge is 0.338 e. The molecule has 0 aliphatic carbocycles. The number of nitrogens with one attached hydrogen (secondary N) is 1. The molecule has 30 heavy (non-hydrogen) atoms. The van der Waals surface area contributed by atoms with E-state index in [4.69, 9.17) is 5.73 Å². The lowest BCUT2D eigenvalue weighted by Crippen LogP contribution is -2.39. The molecular weight excluding hydrogens is 376 g/mol. The van der Waals surface area contributed by atoms with Crippen molar-refractivity contribution >= 4 is 17.0 Å². The summed E-state index contributed by atoms with van der Waals surface area (Å²) in [7, 11) is 1.92. The SMILES string of the molecule is Cn1ccc(-c2cccc(Nc3ncnn4ccc(CN5CCC(N)CC5)c34)c2)n1. The van der Waals surface area contributed by atoms with Gasteiger partial charge in [0, 0.05) is 43.3 Å². The molecule has 0 radical (unpaired) electrons. The van der Waals surface area contributed by atoms with Crippen molar-refractivity contribution in [3.05, 3.63) is 60.7 Å². The van der Waals surface area contributed by atoms with Gasteiger partial charge in [-0.1, -0.05) is 12.1 Å². The number of nitrogens with two attached hydrogens (primary N) is 1.